The van der Waals surface area contributed by atoms with Gasteiger partial charge in [0.15, 0.2) is 5.84 Å². The highest BCUT2D eigenvalue weighted by Crippen LogP contribution is 2.29. The van der Waals surface area contributed by atoms with Crippen LogP contribution in [0.25, 0.3) is 0 Å². The first-order chi connectivity index (χ1) is 9.52. The van der Waals surface area contributed by atoms with Crippen LogP contribution >= 0.6 is 15.9 Å². The molecule has 0 aromatic heterocycles. The minimum absolute atomic E-state index is 0.120. The second-order valence-corrected chi connectivity index (χ2v) is 6.26. The summed E-state index contributed by atoms with van der Waals surface area (Å²) in [6.07, 6.45) is 2.44. The first kappa shape index (κ1) is 15.1. The van der Waals surface area contributed by atoms with Crippen molar-refractivity contribution in [2.45, 2.75) is 18.9 Å². The standard InChI is InChI=1S/C14H21BrN4O/c1-18(2)9-11-4-3-7-19(11)10-5-6-12(13(15)8-10)14(16)17-20/h5-6,8,11,20H,3-4,7,9H2,1-2H3,(H2,16,17). The van der Waals surface area contributed by atoms with Crippen molar-refractivity contribution in [2.75, 3.05) is 32.1 Å². The molecule has 1 unspecified atom stereocenters. The number of hydrogen-bond donors (Lipinski definition) is 2. The molecule has 1 aromatic rings. The molecule has 110 valence electrons. The fourth-order valence-electron chi connectivity index (χ4n) is 2.73. The van der Waals surface area contributed by atoms with Gasteiger partial charge in [-0.2, -0.15) is 0 Å². The Kier molecular flexibility index (Phi) is 4.88. The summed E-state index contributed by atoms with van der Waals surface area (Å²) in [5, 5.41) is 11.8. The van der Waals surface area contributed by atoms with E-state index in [-0.39, 0.29) is 5.84 Å². The van der Waals surface area contributed by atoms with Crippen LogP contribution in [-0.4, -0.2) is 49.2 Å². The number of nitrogens with two attached hydrogens (primary N) is 1. The Morgan fingerprint density at radius 1 is 1.55 bits per heavy atom. The van der Waals surface area contributed by atoms with Crippen LogP contribution < -0.4 is 10.6 Å². The zero-order valence-electron chi connectivity index (χ0n) is 11.9. The Hall–Kier alpha value is -1.27. The Balaban J connectivity index is 2.23. The SMILES string of the molecule is CN(C)CC1CCCN1c1ccc(/C(N)=N/O)c(Br)c1. The quantitative estimate of drug-likeness (QED) is 0.381. The molecule has 2 rings (SSSR count). The average Bonchev–Trinajstić information content (AvgIpc) is 2.85. The number of anilines is 1. The third kappa shape index (κ3) is 3.24. The molecule has 1 aromatic carbocycles. The summed E-state index contributed by atoms with van der Waals surface area (Å²) < 4.78 is 0.848. The predicted molar refractivity (Wildman–Crippen MR) is 85.6 cm³/mol. The lowest BCUT2D eigenvalue weighted by molar-refractivity contribution is 0.318. The molecular weight excluding hydrogens is 320 g/mol. The van der Waals surface area contributed by atoms with Crippen LogP contribution in [0.5, 0.6) is 0 Å². The minimum Gasteiger partial charge on any atom is -0.409 e. The highest BCUT2D eigenvalue weighted by atomic mass is 79.9. The molecule has 1 heterocycles. The van der Waals surface area contributed by atoms with Gasteiger partial charge in [-0.25, -0.2) is 0 Å². The zero-order chi connectivity index (χ0) is 14.7. The maximum atomic E-state index is 8.76. The van der Waals surface area contributed by atoms with Crippen molar-refractivity contribution in [3.05, 3.63) is 28.2 Å². The number of halogens is 1. The topological polar surface area (TPSA) is 65.1 Å². The van der Waals surface area contributed by atoms with Gasteiger partial charge in [-0.3, -0.25) is 0 Å². The Morgan fingerprint density at radius 3 is 2.90 bits per heavy atom. The van der Waals surface area contributed by atoms with Crippen molar-refractivity contribution in [3.8, 4) is 0 Å². The van der Waals surface area contributed by atoms with Crippen LogP contribution in [0.4, 0.5) is 5.69 Å². The van der Waals surface area contributed by atoms with Crippen molar-refractivity contribution < 1.29 is 5.21 Å². The molecule has 1 atom stereocenters. The Labute approximate surface area is 128 Å². The van der Waals surface area contributed by atoms with E-state index in [0.29, 0.717) is 11.6 Å². The van der Waals surface area contributed by atoms with E-state index in [9.17, 15) is 0 Å². The smallest absolute Gasteiger partial charge is 0.171 e. The van der Waals surface area contributed by atoms with E-state index >= 15 is 0 Å². The molecule has 0 bridgehead atoms. The number of rotatable bonds is 4. The maximum absolute atomic E-state index is 8.76. The number of oxime groups is 1. The largest absolute Gasteiger partial charge is 0.409 e. The predicted octanol–water partition coefficient (Wildman–Crippen LogP) is 2.07. The molecule has 0 spiro atoms. The third-order valence-electron chi connectivity index (χ3n) is 3.62. The molecule has 5 nitrogen and oxygen atoms in total. The highest BCUT2D eigenvalue weighted by molar-refractivity contribution is 9.10. The first-order valence-corrected chi connectivity index (χ1v) is 7.51. The molecule has 6 heteroatoms. The van der Waals surface area contributed by atoms with Crippen LogP contribution in [0.15, 0.2) is 27.8 Å². The van der Waals surface area contributed by atoms with Gasteiger partial charge in [0.1, 0.15) is 0 Å². The second kappa shape index (κ2) is 6.45. The van der Waals surface area contributed by atoms with Gasteiger partial charge in [0.25, 0.3) is 0 Å². The molecule has 0 amide bonds. The Morgan fingerprint density at radius 2 is 2.30 bits per heavy atom. The summed E-state index contributed by atoms with van der Waals surface area (Å²) >= 11 is 3.50. The number of benzene rings is 1. The van der Waals surface area contributed by atoms with Gasteiger partial charge in [-0.05, 0) is 61.1 Å². The third-order valence-corrected chi connectivity index (χ3v) is 4.28. The molecule has 0 aliphatic carbocycles. The van der Waals surface area contributed by atoms with Gasteiger partial charge in [0.2, 0.25) is 0 Å². The molecule has 0 radical (unpaired) electrons. The van der Waals surface area contributed by atoms with Crippen molar-refractivity contribution in [1.82, 2.24) is 4.90 Å². The van der Waals surface area contributed by atoms with Gasteiger partial charge < -0.3 is 20.7 Å². The maximum Gasteiger partial charge on any atom is 0.171 e. The monoisotopic (exact) mass is 340 g/mol. The lowest BCUT2D eigenvalue weighted by atomic mass is 10.1. The molecule has 3 N–H and O–H groups in total. The van der Waals surface area contributed by atoms with Crippen LogP contribution in [0, 0.1) is 0 Å². The van der Waals surface area contributed by atoms with Crippen LogP contribution in [0.1, 0.15) is 18.4 Å². The van der Waals surface area contributed by atoms with Gasteiger partial charge in [-0.15, -0.1) is 0 Å². The molecule has 20 heavy (non-hydrogen) atoms. The van der Waals surface area contributed by atoms with Gasteiger partial charge >= 0.3 is 0 Å². The van der Waals surface area contributed by atoms with Gasteiger partial charge in [0, 0.05) is 34.9 Å². The van der Waals surface area contributed by atoms with E-state index in [4.69, 9.17) is 10.9 Å². The van der Waals surface area contributed by atoms with Gasteiger partial charge in [-0.1, -0.05) is 5.16 Å². The normalized spacial score (nSPS) is 19.9. The van der Waals surface area contributed by atoms with E-state index in [2.05, 4.69) is 45.0 Å². The molecule has 1 aliphatic heterocycles. The molecular formula is C14H21BrN4O. The van der Waals surface area contributed by atoms with E-state index < -0.39 is 0 Å². The summed E-state index contributed by atoms with van der Waals surface area (Å²) in [5.74, 6) is 0.120. The molecule has 1 fully saturated rings. The van der Waals surface area contributed by atoms with Crippen LogP contribution in [0.2, 0.25) is 0 Å². The van der Waals surface area contributed by atoms with Crippen molar-refractivity contribution in [2.24, 2.45) is 10.9 Å². The van der Waals surface area contributed by atoms with Crippen molar-refractivity contribution in [1.29, 1.82) is 0 Å². The zero-order valence-corrected chi connectivity index (χ0v) is 13.5. The number of hydrogen-bond acceptors (Lipinski definition) is 4. The average molecular weight is 341 g/mol. The minimum atomic E-state index is 0.120. The molecule has 0 saturated carbocycles. The Bertz CT molecular complexity index is 504. The summed E-state index contributed by atoms with van der Waals surface area (Å²) in [7, 11) is 4.21. The summed E-state index contributed by atoms with van der Waals surface area (Å²) in [4.78, 5) is 4.66. The number of likely N-dealkylation sites (N-methyl/N-ethyl adjacent to an activating group) is 1. The second-order valence-electron chi connectivity index (χ2n) is 5.40. The van der Waals surface area contributed by atoms with Crippen molar-refractivity contribution in [3.63, 3.8) is 0 Å². The highest BCUT2D eigenvalue weighted by Gasteiger charge is 2.25. The lowest BCUT2D eigenvalue weighted by Crippen LogP contribution is -2.37. The van der Waals surface area contributed by atoms with Crippen molar-refractivity contribution >= 4 is 27.5 Å². The van der Waals surface area contributed by atoms with E-state index in [0.717, 1.165) is 17.6 Å². The fraction of sp³-hybridized carbons (Fsp3) is 0.500. The summed E-state index contributed by atoms with van der Waals surface area (Å²) in [6, 6.07) is 6.51. The van der Waals surface area contributed by atoms with E-state index in [1.807, 2.05) is 18.2 Å². The van der Waals surface area contributed by atoms with E-state index in [1.165, 1.54) is 18.5 Å². The molecule has 1 saturated heterocycles. The summed E-state index contributed by atoms with van der Waals surface area (Å²) in [5.41, 5.74) is 7.53. The van der Waals surface area contributed by atoms with E-state index in [1.54, 1.807) is 0 Å². The lowest BCUT2D eigenvalue weighted by Gasteiger charge is -2.29. The van der Waals surface area contributed by atoms with Gasteiger partial charge in [0.05, 0.1) is 0 Å². The first-order valence-electron chi connectivity index (χ1n) is 6.71. The molecule has 1 aliphatic rings. The number of amidine groups is 1. The number of nitrogens with zero attached hydrogens (tertiary/aromatic N) is 3. The van der Waals surface area contributed by atoms with Crippen LogP contribution in [0.3, 0.4) is 0 Å². The summed E-state index contributed by atoms with van der Waals surface area (Å²) in [6.45, 7) is 2.13. The fourth-order valence-corrected chi connectivity index (χ4v) is 3.30. The van der Waals surface area contributed by atoms with Crippen LogP contribution in [-0.2, 0) is 0 Å².